The molecule has 1 aliphatic carbocycles. The Balaban J connectivity index is 2.09. The van der Waals surface area contributed by atoms with Gasteiger partial charge >= 0.3 is 5.69 Å². The van der Waals surface area contributed by atoms with Crippen molar-refractivity contribution in [2.24, 2.45) is 7.05 Å². The van der Waals surface area contributed by atoms with Crippen molar-refractivity contribution in [2.75, 3.05) is 0 Å². The average Bonchev–Trinajstić information content (AvgIpc) is 2.85. The zero-order valence-electron chi connectivity index (χ0n) is 14.2. The Kier molecular flexibility index (Phi) is 3.35. The molecule has 0 radical (unpaired) electrons. The maximum atomic E-state index is 12.6. The number of aryl methyl sites for hydroxylation is 3. The summed E-state index contributed by atoms with van der Waals surface area (Å²) in [7, 11) is 1.61. The lowest BCUT2D eigenvalue weighted by Crippen LogP contribution is -2.32. The Hall–Kier alpha value is -3.15. The van der Waals surface area contributed by atoms with E-state index in [2.05, 4.69) is 9.97 Å². The molecule has 1 N–H and O–H groups in total. The number of oxazole rings is 1. The summed E-state index contributed by atoms with van der Waals surface area (Å²) in [6, 6.07) is 6.09. The van der Waals surface area contributed by atoms with E-state index in [4.69, 9.17) is 4.42 Å². The molecule has 4 rings (SSSR count). The summed E-state index contributed by atoms with van der Waals surface area (Å²) in [5, 5.41) is 0. The minimum absolute atomic E-state index is 0.408. The van der Waals surface area contributed by atoms with Crippen LogP contribution >= 0.6 is 0 Å². The molecular formula is C19H17N3O3. The SMILES string of the molecule is Cc1ccc2c(c1)C(c1cn(C)c(=O)[nH]c1=O)c1nc(C)oc1C=C2. The Morgan fingerprint density at radius 1 is 1.16 bits per heavy atom. The van der Waals surface area contributed by atoms with E-state index in [0.717, 1.165) is 16.7 Å². The highest BCUT2D eigenvalue weighted by atomic mass is 16.4. The molecule has 3 aromatic rings. The van der Waals surface area contributed by atoms with Gasteiger partial charge in [-0.2, -0.15) is 0 Å². The first kappa shape index (κ1) is 15.4. The summed E-state index contributed by atoms with van der Waals surface area (Å²) in [6.07, 6.45) is 5.42. The Bertz CT molecular complexity index is 1130. The monoisotopic (exact) mass is 335 g/mol. The van der Waals surface area contributed by atoms with Gasteiger partial charge in [0.1, 0.15) is 0 Å². The molecule has 0 fully saturated rings. The largest absolute Gasteiger partial charge is 0.441 e. The molecule has 0 spiro atoms. The Morgan fingerprint density at radius 3 is 2.76 bits per heavy atom. The van der Waals surface area contributed by atoms with E-state index in [1.807, 2.05) is 37.3 Å². The summed E-state index contributed by atoms with van der Waals surface area (Å²) < 4.78 is 7.09. The zero-order valence-corrected chi connectivity index (χ0v) is 14.2. The molecule has 1 unspecified atom stereocenters. The number of hydrogen-bond acceptors (Lipinski definition) is 4. The van der Waals surface area contributed by atoms with Gasteiger partial charge in [-0.25, -0.2) is 9.78 Å². The maximum Gasteiger partial charge on any atom is 0.328 e. The summed E-state index contributed by atoms with van der Waals surface area (Å²) >= 11 is 0. The first-order chi connectivity index (χ1) is 11.9. The van der Waals surface area contributed by atoms with Crippen molar-refractivity contribution in [1.29, 1.82) is 0 Å². The Morgan fingerprint density at radius 2 is 1.96 bits per heavy atom. The number of aromatic nitrogens is 3. The van der Waals surface area contributed by atoms with Gasteiger partial charge in [0.2, 0.25) is 0 Å². The lowest BCUT2D eigenvalue weighted by Gasteiger charge is -2.18. The van der Waals surface area contributed by atoms with E-state index in [1.165, 1.54) is 4.57 Å². The maximum absolute atomic E-state index is 12.6. The number of benzene rings is 1. The lowest BCUT2D eigenvalue weighted by molar-refractivity contribution is 0.512. The molecule has 2 aromatic heterocycles. The second-order valence-corrected chi connectivity index (χ2v) is 6.34. The molecule has 1 atom stereocenters. The molecule has 6 heteroatoms. The quantitative estimate of drug-likeness (QED) is 0.579. The second kappa shape index (κ2) is 5.44. The molecule has 2 heterocycles. The van der Waals surface area contributed by atoms with Gasteiger partial charge in [0.05, 0.1) is 11.6 Å². The van der Waals surface area contributed by atoms with Crippen molar-refractivity contribution in [2.45, 2.75) is 19.8 Å². The summed E-state index contributed by atoms with van der Waals surface area (Å²) in [5.41, 5.74) is 3.34. The van der Waals surface area contributed by atoms with Crippen LogP contribution in [0.25, 0.3) is 12.2 Å². The minimum atomic E-state index is -0.443. The fourth-order valence-electron chi connectivity index (χ4n) is 3.30. The van der Waals surface area contributed by atoms with Crippen LogP contribution in [0, 0.1) is 13.8 Å². The fourth-order valence-corrected chi connectivity index (χ4v) is 3.30. The fraction of sp³-hybridized carbons (Fsp3) is 0.211. The van der Waals surface area contributed by atoms with Crippen molar-refractivity contribution < 1.29 is 4.42 Å². The molecule has 0 saturated carbocycles. The molecule has 1 aromatic carbocycles. The van der Waals surface area contributed by atoms with Gasteiger partial charge < -0.3 is 8.98 Å². The first-order valence-corrected chi connectivity index (χ1v) is 8.00. The number of hydrogen-bond donors (Lipinski definition) is 1. The van der Waals surface area contributed by atoms with Crippen LogP contribution in [-0.4, -0.2) is 14.5 Å². The van der Waals surface area contributed by atoms with Crippen LogP contribution in [0.2, 0.25) is 0 Å². The van der Waals surface area contributed by atoms with Crippen molar-refractivity contribution in [3.63, 3.8) is 0 Å². The van der Waals surface area contributed by atoms with Crippen molar-refractivity contribution in [3.05, 3.63) is 84.8 Å². The standard InChI is InChI=1S/C19H17N3O3/c1-10-4-5-12-6-7-15-17(20-11(2)25-15)16(13(12)8-10)14-9-22(3)19(24)21-18(14)23/h4-9,16H,1-3H3,(H,21,23,24). The molecule has 0 amide bonds. The number of rotatable bonds is 1. The average molecular weight is 335 g/mol. The molecule has 0 saturated heterocycles. The van der Waals surface area contributed by atoms with Gasteiger partial charge in [0.25, 0.3) is 5.56 Å². The van der Waals surface area contributed by atoms with E-state index in [0.29, 0.717) is 22.9 Å². The predicted octanol–water partition coefficient (Wildman–Crippen LogP) is 2.34. The van der Waals surface area contributed by atoms with E-state index < -0.39 is 17.2 Å². The van der Waals surface area contributed by atoms with E-state index in [-0.39, 0.29) is 0 Å². The second-order valence-electron chi connectivity index (χ2n) is 6.34. The van der Waals surface area contributed by atoms with Crippen LogP contribution in [0.15, 0.2) is 38.4 Å². The molecule has 25 heavy (non-hydrogen) atoms. The minimum Gasteiger partial charge on any atom is -0.441 e. The summed E-state index contributed by atoms with van der Waals surface area (Å²) in [5.74, 6) is 0.759. The van der Waals surface area contributed by atoms with Gasteiger partial charge in [-0.1, -0.05) is 29.8 Å². The number of fused-ring (bicyclic) bond motifs is 2. The third-order valence-corrected chi connectivity index (χ3v) is 4.48. The number of nitrogens with one attached hydrogen (secondary N) is 1. The molecule has 6 nitrogen and oxygen atoms in total. The smallest absolute Gasteiger partial charge is 0.328 e. The van der Waals surface area contributed by atoms with E-state index in [9.17, 15) is 9.59 Å². The summed E-state index contributed by atoms with van der Waals surface area (Å²) in [6.45, 7) is 3.79. The number of aromatic amines is 1. The van der Waals surface area contributed by atoms with Crippen LogP contribution in [0.4, 0.5) is 0 Å². The van der Waals surface area contributed by atoms with Crippen LogP contribution < -0.4 is 11.2 Å². The third kappa shape index (κ3) is 2.46. The van der Waals surface area contributed by atoms with Crippen LogP contribution in [0.1, 0.15) is 45.5 Å². The van der Waals surface area contributed by atoms with Gasteiger partial charge in [0.15, 0.2) is 11.7 Å². The highest BCUT2D eigenvalue weighted by Gasteiger charge is 2.30. The topological polar surface area (TPSA) is 80.9 Å². The Labute approximate surface area is 143 Å². The number of H-pyrrole nitrogens is 1. The molecule has 126 valence electrons. The summed E-state index contributed by atoms with van der Waals surface area (Å²) in [4.78, 5) is 31.2. The highest BCUT2D eigenvalue weighted by molar-refractivity contribution is 5.75. The van der Waals surface area contributed by atoms with Gasteiger partial charge in [-0.3, -0.25) is 9.78 Å². The normalized spacial score (nSPS) is 15.6. The van der Waals surface area contributed by atoms with Crippen LogP contribution in [0.5, 0.6) is 0 Å². The molecule has 0 aliphatic heterocycles. The predicted molar refractivity (Wildman–Crippen MR) is 94.6 cm³/mol. The lowest BCUT2D eigenvalue weighted by atomic mass is 9.86. The van der Waals surface area contributed by atoms with Crippen molar-refractivity contribution in [1.82, 2.24) is 14.5 Å². The number of nitrogens with zero attached hydrogens (tertiary/aromatic N) is 2. The van der Waals surface area contributed by atoms with Crippen LogP contribution in [-0.2, 0) is 7.05 Å². The highest BCUT2D eigenvalue weighted by Crippen LogP contribution is 2.38. The van der Waals surface area contributed by atoms with E-state index >= 15 is 0 Å². The molecular weight excluding hydrogens is 318 g/mol. The van der Waals surface area contributed by atoms with Gasteiger partial charge in [0, 0.05) is 25.7 Å². The van der Waals surface area contributed by atoms with Crippen molar-refractivity contribution >= 4 is 12.2 Å². The van der Waals surface area contributed by atoms with E-state index in [1.54, 1.807) is 20.2 Å². The molecule has 0 bridgehead atoms. The zero-order chi connectivity index (χ0) is 17.7. The van der Waals surface area contributed by atoms with Gasteiger partial charge in [-0.05, 0) is 24.1 Å². The van der Waals surface area contributed by atoms with Crippen LogP contribution in [0.3, 0.4) is 0 Å². The third-order valence-electron chi connectivity index (χ3n) is 4.48. The first-order valence-electron chi connectivity index (χ1n) is 8.00. The van der Waals surface area contributed by atoms with Gasteiger partial charge in [-0.15, -0.1) is 0 Å². The molecule has 1 aliphatic rings. The van der Waals surface area contributed by atoms with Crippen molar-refractivity contribution in [3.8, 4) is 0 Å².